The van der Waals surface area contributed by atoms with Crippen LogP contribution in [0, 0.1) is 13.8 Å². The molecule has 1 N–H and O–H groups in total. The molecule has 0 saturated carbocycles. The minimum Gasteiger partial charge on any atom is -0.451 e. The van der Waals surface area contributed by atoms with E-state index in [0.29, 0.717) is 16.3 Å². The van der Waals surface area contributed by atoms with Crippen LogP contribution in [0.2, 0.25) is 0 Å². The van der Waals surface area contributed by atoms with Crippen LogP contribution in [0.5, 0.6) is 0 Å². The van der Waals surface area contributed by atoms with Gasteiger partial charge in [0.25, 0.3) is 5.91 Å². The van der Waals surface area contributed by atoms with Gasteiger partial charge in [-0.1, -0.05) is 30.3 Å². The number of anilines is 1. The second kappa shape index (κ2) is 6.80. The number of amides is 1. The third-order valence-electron chi connectivity index (χ3n) is 3.46. The van der Waals surface area contributed by atoms with Gasteiger partial charge in [0, 0.05) is 5.69 Å². The second-order valence-electron chi connectivity index (χ2n) is 5.33. The van der Waals surface area contributed by atoms with Gasteiger partial charge in [-0.2, -0.15) is 0 Å². The first-order valence-corrected chi connectivity index (χ1v) is 8.24. The number of benzene rings is 2. The Kier molecular flexibility index (Phi) is 4.57. The molecule has 0 saturated heterocycles. The first-order chi connectivity index (χ1) is 11.5. The third kappa shape index (κ3) is 3.60. The maximum atomic E-state index is 12.0. The number of aryl methyl sites for hydroxylation is 2. The predicted octanol–water partition coefficient (Wildman–Crippen LogP) is 3.71. The number of carbonyl (C=O) groups is 2. The van der Waals surface area contributed by atoms with Gasteiger partial charge in [-0.15, -0.1) is 11.3 Å². The molecule has 1 amide bonds. The second-order valence-corrected chi connectivity index (χ2v) is 6.54. The molecule has 0 atom stereocenters. The molecule has 24 heavy (non-hydrogen) atoms. The predicted molar refractivity (Wildman–Crippen MR) is 94.4 cm³/mol. The van der Waals surface area contributed by atoms with Crippen molar-refractivity contribution in [2.75, 3.05) is 11.9 Å². The van der Waals surface area contributed by atoms with E-state index < -0.39 is 5.97 Å². The van der Waals surface area contributed by atoms with Crippen molar-refractivity contribution in [3.05, 3.63) is 58.0 Å². The molecule has 2 aromatic carbocycles. The molecule has 3 rings (SSSR count). The van der Waals surface area contributed by atoms with Crippen LogP contribution in [0.1, 0.15) is 20.4 Å². The van der Waals surface area contributed by atoms with Crippen molar-refractivity contribution < 1.29 is 14.3 Å². The van der Waals surface area contributed by atoms with E-state index in [1.54, 1.807) is 6.92 Å². The van der Waals surface area contributed by atoms with Crippen LogP contribution in [0.15, 0.2) is 42.5 Å². The van der Waals surface area contributed by atoms with E-state index in [0.717, 1.165) is 15.8 Å². The van der Waals surface area contributed by atoms with E-state index in [2.05, 4.69) is 10.3 Å². The lowest BCUT2D eigenvalue weighted by molar-refractivity contribution is -0.119. The largest absolute Gasteiger partial charge is 0.451 e. The first kappa shape index (κ1) is 16.1. The molecule has 0 fully saturated rings. The monoisotopic (exact) mass is 340 g/mol. The zero-order valence-corrected chi connectivity index (χ0v) is 14.1. The molecule has 0 aliphatic heterocycles. The Morgan fingerprint density at radius 1 is 1.12 bits per heavy atom. The Balaban J connectivity index is 1.60. The average Bonchev–Trinajstić information content (AvgIpc) is 2.91. The van der Waals surface area contributed by atoms with Gasteiger partial charge in [-0.3, -0.25) is 4.79 Å². The van der Waals surface area contributed by atoms with Crippen molar-refractivity contribution in [3.8, 4) is 0 Å². The van der Waals surface area contributed by atoms with Gasteiger partial charge in [0.1, 0.15) is 4.88 Å². The molecule has 1 aromatic heterocycles. The molecule has 0 radical (unpaired) electrons. The molecule has 0 aliphatic rings. The highest BCUT2D eigenvalue weighted by atomic mass is 32.1. The summed E-state index contributed by atoms with van der Waals surface area (Å²) < 4.78 is 5.06. The number of rotatable bonds is 4. The summed E-state index contributed by atoms with van der Waals surface area (Å²) in [6.45, 7) is 3.23. The van der Waals surface area contributed by atoms with Crippen LogP contribution in [0.25, 0.3) is 10.8 Å². The molecule has 0 unspecified atom stereocenters. The molecule has 122 valence electrons. The molecular weight excluding hydrogens is 324 g/mol. The van der Waals surface area contributed by atoms with Gasteiger partial charge in [0.15, 0.2) is 6.61 Å². The number of fused-ring (bicyclic) bond motifs is 1. The summed E-state index contributed by atoms with van der Waals surface area (Å²) in [5.74, 6) is -0.899. The van der Waals surface area contributed by atoms with Crippen molar-refractivity contribution >= 4 is 39.7 Å². The van der Waals surface area contributed by atoms with Gasteiger partial charge in [-0.25, -0.2) is 9.78 Å². The first-order valence-electron chi connectivity index (χ1n) is 7.43. The van der Waals surface area contributed by atoms with Crippen LogP contribution in [-0.2, 0) is 9.53 Å². The van der Waals surface area contributed by atoms with E-state index in [1.807, 2.05) is 49.4 Å². The number of hydrogen-bond acceptors (Lipinski definition) is 5. The summed E-state index contributed by atoms with van der Waals surface area (Å²) in [5, 5.41) is 5.65. The quantitative estimate of drug-likeness (QED) is 0.735. The summed E-state index contributed by atoms with van der Waals surface area (Å²) in [6.07, 6.45) is 0. The number of hydrogen-bond donors (Lipinski definition) is 1. The molecule has 6 heteroatoms. The number of carbonyl (C=O) groups excluding carboxylic acids is 2. The summed E-state index contributed by atoms with van der Waals surface area (Å²) >= 11 is 1.26. The van der Waals surface area contributed by atoms with E-state index in [4.69, 9.17) is 4.74 Å². The van der Waals surface area contributed by atoms with Crippen molar-refractivity contribution in [2.24, 2.45) is 0 Å². The fourth-order valence-corrected chi connectivity index (χ4v) is 3.20. The summed E-state index contributed by atoms with van der Waals surface area (Å²) in [7, 11) is 0. The van der Waals surface area contributed by atoms with E-state index in [9.17, 15) is 9.59 Å². The Bertz CT molecular complexity index is 918. The number of nitrogens with one attached hydrogen (secondary N) is 1. The molecule has 0 bridgehead atoms. The highest BCUT2D eigenvalue weighted by Gasteiger charge is 2.16. The van der Waals surface area contributed by atoms with E-state index in [-0.39, 0.29) is 12.5 Å². The topological polar surface area (TPSA) is 68.3 Å². The lowest BCUT2D eigenvalue weighted by Gasteiger charge is -2.07. The van der Waals surface area contributed by atoms with Gasteiger partial charge in [-0.05, 0) is 36.8 Å². The van der Waals surface area contributed by atoms with Crippen molar-refractivity contribution in [1.29, 1.82) is 0 Å². The van der Waals surface area contributed by atoms with Crippen molar-refractivity contribution in [2.45, 2.75) is 13.8 Å². The number of nitrogens with zero attached hydrogens (tertiary/aromatic N) is 1. The van der Waals surface area contributed by atoms with E-state index in [1.165, 1.54) is 11.3 Å². The van der Waals surface area contributed by atoms with Crippen LogP contribution in [0.3, 0.4) is 0 Å². The summed E-state index contributed by atoms with van der Waals surface area (Å²) in [4.78, 5) is 28.6. The van der Waals surface area contributed by atoms with Gasteiger partial charge < -0.3 is 10.1 Å². The Morgan fingerprint density at radius 2 is 1.88 bits per heavy atom. The zero-order valence-electron chi connectivity index (χ0n) is 13.3. The standard InChI is InChI=1S/C18H16N2O3S/c1-11-17(24-12(2)19-11)18(22)23-10-16(21)20-15-8-7-13-5-3-4-6-14(13)9-15/h3-9H,10H2,1-2H3,(H,20,21). The van der Waals surface area contributed by atoms with Crippen LogP contribution in [-0.4, -0.2) is 23.5 Å². The van der Waals surface area contributed by atoms with E-state index >= 15 is 0 Å². The maximum absolute atomic E-state index is 12.0. The van der Waals surface area contributed by atoms with Crippen LogP contribution in [0.4, 0.5) is 5.69 Å². The maximum Gasteiger partial charge on any atom is 0.350 e. The fraction of sp³-hybridized carbons (Fsp3) is 0.167. The summed E-state index contributed by atoms with van der Waals surface area (Å²) in [6, 6.07) is 13.5. The number of esters is 1. The normalized spacial score (nSPS) is 10.6. The molecule has 0 spiro atoms. The van der Waals surface area contributed by atoms with Gasteiger partial charge in [0.2, 0.25) is 0 Å². The molecule has 5 nitrogen and oxygen atoms in total. The Morgan fingerprint density at radius 3 is 2.58 bits per heavy atom. The Labute approximate surface area is 143 Å². The molecular formula is C18H16N2O3S. The Hall–Kier alpha value is -2.73. The number of thiazole rings is 1. The van der Waals surface area contributed by atoms with Crippen molar-refractivity contribution in [1.82, 2.24) is 4.98 Å². The zero-order chi connectivity index (χ0) is 17.1. The molecule has 1 heterocycles. The van der Waals surface area contributed by atoms with Gasteiger partial charge in [0.05, 0.1) is 10.7 Å². The lowest BCUT2D eigenvalue weighted by atomic mass is 10.1. The van der Waals surface area contributed by atoms with Crippen LogP contribution >= 0.6 is 11.3 Å². The van der Waals surface area contributed by atoms with Crippen LogP contribution < -0.4 is 5.32 Å². The van der Waals surface area contributed by atoms with Gasteiger partial charge >= 0.3 is 5.97 Å². The minimum absolute atomic E-state index is 0.331. The third-order valence-corrected chi connectivity index (χ3v) is 4.51. The average molecular weight is 340 g/mol. The molecule has 0 aliphatic carbocycles. The molecule has 3 aromatic rings. The highest BCUT2D eigenvalue weighted by molar-refractivity contribution is 7.13. The number of ether oxygens (including phenoxy) is 1. The smallest absolute Gasteiger partial charge is 0.350 e. The minimum atomic E-state index is -0.522. The SMILES string of the molecule is Cc1nc(C)c(C(=O)OCC(=O)Nc2ccc3ccccc3c2)s1. The number of aromatic nitrogens is 1. The lowest BCUT2D eigenvalue weighted by Crippen LogP contribution is -2.20. The highest BCUT2D eigenvalue weighted by Crippen LogP contribution is 2.19. The summed E-state index contributed by atoms with van der Waals surface area (Å²) in [5.41, 5.74) is 1.29. The van der Waals surface area contributed by atoms with Crippen molar-refractivity contribution in [3.63, 3.8) is 0 Å². The fourth-order valence-electron chi connectivity index (χ4n) is 2.38.